The number of aryl methyl sites for hydroxylation is 1. The van der Waals surface area contributed by atoms with Crippen LogP contribution in [0.4, 0.5) is 0 Å². The van der Waals surface area contributed by atoms with Gasteiger partial charge < -0.3 is 10.3 Å². The highest BCUT2D eigenvalue weighted by Crippen LogP contribution is 2.32. The molecule has 0 aliphatic rings. The Hall–Kier alpha value is -1.20. The number of rotatable bonds is 3. The van der Waals surface area contributed by atoms with Crippen LogP contribution in [0, 0.1) is 0 Å². The van der Waals surface area contributed by atoms with Gasteiger partial charge in [-0.15, -0.1) is 11.3 Å². The summed E-state index contributed by atoms with van der Waals surface area (Å²) in [4.78, 5) is 10.2. The summed E-state index contributed by atoms with van der Waals surface area (Å²) in [5.41, 5.74) is 6.62. The molecule has 0 unspecified atom stereocenters. The van der Waals surface area contributed by atoms with E-state index in [0.717, 1.165) is 16.5 Å². The molecule has 2 aromatic rings. The van der Waals surface area contributed by atoms with Gasteiger partial charge in [-0.1, -0.05) is 13.8 Å². The first-order valence-electron chi connectivity index (χ1n) is 5.30. The molecule has 2 heterocycles. The maximum Gasteiger partial charge on any atom is 0.159 e. The number of aromatic nitrogens is 3. The van der Waals surface area contributed by atoms with E-state index in [1.807, 2.05) is 17.8 Å². The lowest BCUT2D eigenvalue weighted by Gasteiger charge is -2.04. The summed E-state index contributed by atoms with van der Waals surface area (Å²) in [6, 6.07) is 0. The van der Waals surface area contributed by atoms with Gasteiger partial charge in [0.15, 0.2) is 5.82 Å². The summed E-state index contributed by atoms with van der Waals surface area (Å²) in [6.45, 7) is 4.83. The Morgan fingerprint density at radius 1 is 1.50 bits per heavy atom. The molecule has 16 heavy (non-hydrogen) atoms. The van der Waals surface area contributed by atoms with E-state index in [1.54, 1.807) is 17.5 Å². The fraction of sp³-hybridized carbons (Fsp3) is 0.455. The third-order valence-corrected chi connectivity index (χ3v) is 3.81. The van der Waals surface area contributed by atoms with Crippen molar-refractivity contribution in [2.24, 2.45) is 12.8 Å². The van der Waals surface area contributed by atoms with Crippen molar-refractivity contribution in [3.63, 3.8) is 0 Å². The quantitative estimate of drug-likeness (QED) is 0.888. The number of hydrogen-bond donors (Lipinski definition) is 1. The average Bonchev–Trinajstić information content (AvgIpc) is 2.82. The van der Waals surface area contributed by atoms with E-state index in [9.17, 15) is 0 Å². The molecule has 0 amide bonds. The van der Waals surface area contributed by atoms with Crippen molar-refractivity contribution in [1.82, 2.24) is 14.5 Å². The Kier molecular flexibility index (Phi) is 3.07. The van der Waals surface area contributed by atoms with E-state index >= 15 is 0 Å². The van der Waals surface area contributed by atoms with Crippen molar-refractivity contribution in [3.8, 4) is 11.5 Å². The van der Waals surface area contributed by atoms with Crippen LogP contribution in [0.25, 0.3) is 11.5 Å². The summed E-state index contributed by atoms with van der Waals surface area (Å²) < 4.78 is 1.99. The summed E-state index contributed by atoms with van der Waals surface area (Å²) in [5.74, 6) is 1.36. The minimum atomic E-state index is 0.449. The van der Waals surface area contributed by atoms with Gasteiger partial charge in [-0.3, -0.25) is 0 Å². The maximum absolute atomic E-state index is 5.64. The zero-order valence-electron chi connectivity index (χ0n) is 9.77. The average molecular weight is 236 g/mol. The Balaban J connectivity index is 2.55. The maximum atomic E-state index is 5.64. The number of hydrogen-bond acceptors (Lipinski definition) is 4. The van der Waals surface area contributed by atoms with Crippen LogP contribution in [-0.2, 0) is 13.6 Å². The number of nitrogens with two attached hydrogens (primary N) is 1. The minimum Gasteiger partial charge on any atom is -0.333 e. The van der Waals surface area contributed by atoms with Crippen LogP contribution in [0.1, 0.15) is 29.7 Å². The van der Waals surface area contributed by atoms with Crippen LogP contribution in [0.3, 0.4) is 0 Å². The molecule has 5 heteroatoms. The molecule has 4 nitrogen and oxygen atoms in total. The lowest BCUT2D eigenvalue weighted by atomic mass is 10.1. The van der Waals surface area contributed by atoms with E-state index in [0.29, 0.717) is 12.5 Å². The summed E-state index contributed by atoms with van der Waals surface area (Å²) in [7, 11) is 1.98. The van der Waals surface area contributed by atoms with Gasteiger partial charge in [0.05, 0.1) is 0 Å². The number of imidazole rings is 1. The molecule has 0 atom stereocenters. The second kappa shape index (κ2) is 4.35. The molecule has 0 bridgehead atoms. The molecule has 0 radical (unpaired) electrons. The summed E-state index contributed by atoms with van der Waals surface area (Å²) >= 11 is 1.69. The van der Waals surface area contributed by atoms with Crippen LogP contribution >= 0.6 is 11.3 Å². The van der Waals surface area contributed by atoms with Crippen LogP contribution < -0.4 is 5.73 Å². The van der Waals surface area contributed by atoms with Gasteiger partial charge in [-0.2, -0.15) is 0 Å². The zero-order valence-corrected chi connectivity index (χ0v) is 10.6. The molecule has 0 fully saturated rings. The van der Waals surface area contributed by atoms with Gasteiger partial charge in [0.2, 0.25) is 0 Å². The third-order valence-electron chi connectivity index (χ3n) is 2.43. The van der Waals surface area contributed by atoms with Gasteiger partial charge in [0, 0.05) is 30.9 Å². The first-order valence-corrected chi connectivity index (χ1v) is 6.12. The van der Waals surface area contributed by atoms with Crippen molar-refractivity contribution in [2.75, 3.05) is 0 Å². The molecule has 0 saturated heterocycles. The normalized spacial score (nSPS) is 11.3. The van der Waals surface area contributed by atoms with Gasteiger partial charge in [-0.25, -0.2) is 9.97 Å². The molecular formula is C11H16N4S. The summed E-state index contributed by atoms with van der Waals surface area (Å²) in [5, 5.41) is 0.974. The topological polar surface area (TPSA) is 56.7 Å². The number of thiazole rings is 1. The van der Waals surface area contributed by atoms with Crippen LogP contribution in [0.2, 0.25) is 0 Å². The minimum absolute atomic E-state index is 0.449. The molecule has 2 aromatic heterocycles. The fourth-order valence-corrected chi connectivity index (χ4v) is 2.55. The molecule has 0 aliphatic heterocycles. The smallest absolute Gasteiger partial charge is 0.159 e. The number of nitrogens with zero attached hydrogens (tertiary/aromatic N) is 3. The third kappa shape index (κ3) is 1.88. The first-order chi connectivity index (χ1) is 7.63. The zero-order chi connectivity index (χ0) is 11.7. The van der Waals surface area contributed by atoms with Gasteiger partial charge in [0.25, 0.3) is 0 Å². The Labute approximate surface area is 99.2 Å². The fourth-order valence-electron chi connectivity index (χ4n) is 1.61. The lowest BCUT2D eigenvalue weighted by Crippen LogP contribution is -1.97. The summed E-state index contributed by atoms with van der Waals surface area (Å²) in [6.07, 6.45) is 3.72. The van der Waals surface area contributed by atoms with E-state index in [1.165, 1.54) is 4.88 Å². The van der Waals surface area contributed by atoms with Crippen molar-refractivity contribution in [1.29, 1.82) is 0 Å². The Morgan fingerprint density at radius 3 is 2.75 bits per heavy atom. The van der Waals surface area contributed by atoms with E-state index in [2.05, 4.69) is 23.8 Å². The predicted octanol–water partition coefficient (Wildman–Crippen LogP) is 2.13. The van der Waals surface area contributed by atoms with E-state index < -0.39 is 0 Å². The molecule has 2 N–H and O–H groups in total. The molecule has 0 spiro atoms. The molecule has 2 rings (SSSR count). The molecular weight excluding hydrogens is 220 g/mol. The monoisotopic (exact) mass is 236 g/mol. The largest absolute Gasteiger partial charge is 0.333 e. The highest BCUT2D eigenvalue weighted by molar-refractivity contribution is 7.12. The van der Waals surface area contributed by atoms with Gasteiger partial charge in [0.1, 0.15) is 10.7 Å². The van der Waals surface area contributed by atoms with Crippen LogP contribution in [0.5, 0.6) is 0 Å². The molecule has 0 saturated carbocycles. The second-order valence-electron chi connectivity index (χ2n) is 4.04. The second-order valence-corrected chi connectivity index (χ2v) is 5.16. The van der Waals surface area contributed by atoms with Gasteiger partial charge in [-0.05, 0) is 5.92 Å². The molecule has 86 valence electrons. The van der Waals surface area contributed by atoms with Crippen molar-refractivity contribution < 1.29 is 0 Å². The standard InChI is InChI=1S/C11H16N4S/c1-7(2)10-9(14-8(6-12)16-10)11-13-4-5-15(11)3/h4-5,7H,6,12H2,1-3H3. The SMILES string of the molecule is CC(C)c1sc(CN)nc1-c1nccn1C. The highest BCUT2D eigenvalue weighted by atomic mass is 32.1. The van der Waals surface area contributed by atoms with E-state index in [4.69, 9.17) is 5.73 Å². The van der Waals surface area contributed by atoms with Crippen molar-refractivity contribution in [3.05, 3.63) is 22.3 Å². The Bertz CT molecular complexity index is 484. The highest BCUT2D eigenvalue weighted by Gasteiger charge is 2.17. The molecule has 0 aromatic carbocycles. The van der Waals surface area contributed by atoms with Crippen LogP contribution in [0.15, 0.2) is 12.4 Å². The van der Waals surface area contributed by atoms with Crippen molar-refractivity contribution in [2.45, 2.75) is 26.3 Å². The van der Waals surface area contributed by atoms with Crippen LogP contribution in [-0.4, -0.2) is 14.5 Å². The van der Waals surface area contributed by atoms with Crippen molar-refractivity contribution >= 4 is 11.3 Å². The lowest BCUT2D eigenvalue weighted by molar-refractivity contribution is 0.869. The molecule has 0 aliphatic carbocycles. The van der Waals surface area contributed by atoms with Gasteiger partial charge >= 0.3 is 0 Å². The van der Waals surface area contributed by atoms with E-state index in [-0.39, 0.29) is 0 Å². The first kappa shape index (κ1) is 11.3. The Morgan fingerprint density at radius 2 is 2.25 bits per heavy atom. The predicted molar refractivity (Wildman–Crippen MR) is 66.3 cm³/mol.